The fraction of sp³-hybridized carbons (Fsp3) is 0.351. The zero-order chi connectivity index (χ0) is 35.2. The number of fused-ring (bicyclic) bond motifs is 1. The Morgan fingerprint density at radius 3 is 2.31 bits per heavy atom. The van der Waals surface area contributed by atoms with Gasteiger partial charge in [0.2, 0.25) is 11.8 Å². The highest BCUT2D eigenvalue weighted by molar-refractivity contribution is 5.90. The molecular formula is C37H46N6O6. The van der Waals surface area contributed by atoms with Crippen LogP contribution in [0.3, 0.4) is 0 Å². The first kappa shape index (κ1) is 36.8. The van der Waals surface area contributed by atoms with E-state index < -0.39 is 30.3 Å². The molecule has 4 rings (SSSR count). The Morgan fingerprint density at radius 1 is 0.898 bits per heavy atom. The molecule has 0 fully saturated rings. The van der Waals surface area contributed by atoms with Crippen molar-refractivity contribution < 1.29 is 29.0 Å². The number of urea groups is 1. The molecule has 0 bridgehead atoms. The number of aromatic nitrogens is 1. The van der Waals surface area contributed by atoms with Crippen LogP contribution in [0.1, 0.15) is 37.5 Å². The van der Waals surface area contributed by atoms with Gasteiger partial charge in [0, 0.05) is 57.6 Å². The minimum absolute atomic E-state index is 0.0888. The van der Waals surface area contributed by atoms with Gasteiger partial charge >= 0.3 is 6.03 Å². The Morgan fingerprint density at radius 2 is 1.61 bits per heavy atom. The van der Waals surface area contributed by atoms with Crippen LogP contribution < -0.4 is 16.1 Å². The lowest BCUT2D eigenvalue weighted by Gasteiger charge is -2.37. The molecule has 49 heavy (non-hydrogen) atoms. The topological polar surface area (TPSA) is 145 Å². The van der Waals surface area contributed by atoms with Crippen LogP contribution in [0, 0.1) is 0 Å². The SMILES string of the molecule is CCOC(OCC)[C@H](C)N(Cc1cccc2cnccc12)C(=O)[C@H](Cc1ccc(O)cc1)NC(=O)CN(C)NC(=O)NCc1ccccc1. The average Bonchev–Trinajstić information content (AvgIpc) is 3.10. The van der Waals surface area contributed by atoms with Crippen LogP contribution in [0.4, 0.5) is 4.79 Å². The molecule has 12 heteroatoms. The lowest BCUT2D eigenvalue weighted by Crippen LogP contribution is -2.56. The van der Waals surface area contributed by atoms with Crippen molar-refractivity contribution >= 4 is 28.6 Å². The van der Waals surface area contributed by atoms with Gasteiger partial charge in [-0.2, -0.15) is 0 Å². The monoisotopic (exact) mass is 670 g/mol. The molecule has 0 radical (unpaired) electrons. The van der Waals surface area contributed by atoms with Crippen LogP contribution in [-0.4, -0.2) is 83.0 Å². The summed E-state index contributed by atoms with van der Waals surface area (Å²) in [6.45, 7) is 6.67. The van der Waals surface area contributed by atoms with Gasteiger partial charge in [0.15, 0.2) is 6.29 Å². The van der Waals surface area contributed by atoms with Gasteiger partial charge in [0.05, 0.1) is 12.6 Å². The van der Waals surface area contributed by atoms with E-state index in [0.717, 1.165) is 27.5 Å². The summed E-state index contributed by atoms with van der Waals surface area (Å²) in [6.07, 6.45) is 2.92. The molecule has 4 N–H and O–H groups in total. The maximum atomic E-state index is 14.7. The third kappa shape index (κ3) is 11.0. The molecule has 0 aliphatic rings. The predicted molar refractivity (Wildman–Crippen MR) is 187 cm³/mol. The lowest BCUT2D eigenvalue weighted by atomic mass is 10.0. The Bertz CT molecular complexity index is 1640. The number of rotatable bonds is 17. The number of aromatic hydroxyl groups is 1. The van der Waals surface area contributed by atoms with E-state index in [4.69, 9.17) is 9.47 Å². The second-order valence-corrected chi connectivity index (χ2v) is 11.6. The fourth-order valence-electron chi connectivity index (χ4n) is 5.49. The smallest absolute Gasteiger partial charge is 0.329 e. The van der Waals surface area contributed by atoms with E-state index in [1.807, 2.05) is 75.4 Å². The molecule has 4 aromatic rings. The summed E-state index contributed by atoms with van der Waals surface area (Å²) >= 11 is 0. The molecule has 12 nitrogen and oxygen atoms in total. The van der Waals surface area contributed by atoms with E-state index in [2.05, 4.69) is 21.0 Å². The predicted octanol–water partition coefficient (Wildman–Crippen LogP) is 4.13. The number of hydrogen-bond acceptors (Lipinski definition) is 8. The van der Waals surface area contributed by atoms with Crippen molar-refractivity contribution in [3.63, 3.8) is 0 Å². The van der Waals surface area contributed by atoms with Crippen molar-refractivity contribution in [2.75, 3.05) is 26.8 Å². The lowest BCUT2D eigenvalue weighted by molar-refractivity contribution is -0.179. The quantitative estimate of drug-likeness (QED) is 0.0970. The van der Waals surface area contributed by atoms with Crippen molar-refractivity contribution in [1.29, 1.82) is 0 Å². The highest BCUT2D eigenvalue weighted by Crippen LogP contribution is 2.23. The molecule has 0 spiro atoms. The van der Waals surface area contributed by atoms with Gasteiger partial charge in [0.1, 0.15) is 11.8 Å². The summed E-state index contributed by atoms with van der Waals surface area (Å²) in [5.41, 5.74) is 5.20. The highest BCUT2D eigenvalue weighted by Gasteiger charge is 2.34. The Labute approximate surface area is 287 Å². The van der Waals surface area contributed by atoms with Gasteiger partial charge in [-0.05, 0) is 61.0 Å². The van der Waals surface area contributed by atoms with Gasteiger partial charge in [0.25, 0.3) is 0 Å². The number of phenols is 1. The maximum Gasteiger partial charge on any atom is 0.329 e. The van der Waals surface area contributed by atoms with Crippen LogP contribution >= 0.6 is 0 Å². The van der Waals surface area contributed by atoms with E-state index >= 15 is 0 Å². The van der Waals surface area contributed by atoms with Gasteiger partial charge < -0.3 is 30.1 Å². The first-order valence-electron chi connectivity index (χ1n) is 16.4. The summed E-state index contributed by atoms with van der Waals surface area (Å²) < 4.78 is 11.9. The van der Waals surface area contributed by atoms with Gasteiger partial charge in [-0.25, -0.2) is 9.80 Å². The number of phenolic OH excluding ortho intramolecular Hbond substituents is 1. The number of carbonyl (C=O) groups excluding carboxylic acids is 3. The number of nitrogens with zero attached hydrogens (tertiary/aromatic N) is 3. The van der Waals surface area contributed by atoms with Crippen LogP contribution in [0.2, 0.25) is 0 Å². The first-order chi connectivity index (χ1) is 23.7. The molecule has 0 aliphatic carbocycles. The standard InChI is InChI=1S/C37H46N6O6/c1-5-48-36(49-6-2)26(3)43(24-30-14-10-13-29-23-38-20-19-32(29)30)35(46)33(21-27-15-17-31(44)18-16-27)40-34(45)25-42(4)41-37(47)39-22-28-11-8-7-9-12-28/h7-20,23,26,33,36,44H,5-6,21-22,24-25H2,1-4H3,(H,40,45)(H2,39,41,47)/t26-,33-/m0/s1. The number of carbonyl (C=O) groups is 3. The van der Waals surface area contributed by atoms with E-state index in [-0.39, 0.29) is 31.2 Å². The minimum Gasteiger partial charge on any atom is -0.508 e. The molecule has 1 heterocycles. The molecule has 0 unspecified atom stereocenters. The van der Waals surface area contributed by atoms with E-state index in [0.29, 0.717) is 19.8 Å². The molecular weight excluding hydrogens is 624 g/mol. The average molecular weight is 671 g/mol. The van der Waals surface area contributed by atoms with Crippen molar-refractivity contribution in [2.24, 2.45) is 0 Å². The molecule has 4 amide bonds. The van der Waals surface area contributed by atoms with E-state index in [1.54, 1.807) is 36.5 Å². The van der Waals surface area contributed by atoms with Crippen molar-refractivity contribution in [3.05, 3.63) is 108 Å². The molecule has 0 saturated carbocycles. The third-order valence-corrected chi connectivity index (χ3v) is 7.92. The first-order valence-corrected chi connectivity index (χ1v) is 16.4. The number of pyridine rings is 1. The van der Waals surface area contributed by atoms with Crippen LogP contribution in [0.5, 0.6) is 5.75 Å². The molecule has 260 valence electrons. The van der Waals surface area contributed by atoms with E-state index in [9.17, 15) is 19.5 Å². The molecule has 0 saturated heterocycles. The Kier molecular flexibility index (Phi) is 13.9. The Balaban J connectivity index is 1.57. The van der Waals surface area contributed by atoms with Crippen molar-refractivity contribution in [3.8, 4) is 5.75 Å². The fourth-order valence-corrected chi connectivity index (χ4v) is 5.49. The largest absolute Gasteiger partial charge is 0.508 e. The highest BCUT2D eigenvalue weighted by atomic mass is 16.7. The molecule has 0 aliphatic heterocycles. The summed E-state index contributed by atoms with van der Waals surface area (Å²) in [5, 5.41) is 18.8. The summed E-state index contributed by atoms with van der Waals surface area (Å²) in [4.78, 5) is 46.5. The van der Waals surface area contributed by atoms with Gasteiger partial charge in [-0.1, -0.05) is 60.7 Å². The number of amides is 4. The number of ether oxygens (including phenoxy) is 2. The number of nitrogens with one attached hydrogen (secondary N) is 3. The Hall–Kier alpha value is -5.04. The van der Waals surface area contributed by atoms with Crippen molar-refractivity contribution in [1.82, 2.24) is 31.0 Å². The normalized spacial score (nSPS) is 12.4. The number of hydrazine groups is 1. The second kappa shape index (κ2) is 18.5. The molecule has 3 aromatic carbocycles. The van der Waals surface area contributed by atoms with E-state index in [1.165, 1.54) is 17.1 Å². The minimum atomic E-state index is -1.000. The van der Waals surface area contributed by atoms with Gasteiger partial charge in [-0.3, -0.25) is 20.0 Å². The summed E-state index contributed by atoms with van der Waals surface area (Å²) in [7, 11) is 1.57. The summed E-state index contributed by atoms with van der Waals surface area (Å²) in [5.74, 6) is -0.732. The molecule has 2 atom stereocenters. The third-order valence-electron chi connectivity index (χ3n) is 7.92. The number of benzene rings is 3. The zero-order valence-electron chi connectivity index (χ0n) is 28.5. The summed E-state index contributed by atoms with van der Waals surface area (Å²) in [6, 6.07) is 21.7. The van der Waals surface area contributed by atoms with Crippen molar-refractivity contribution in [2.45, 2.75) is 58.7 Å². The maximum absolute atomic E-state index is 14.7. The zero-order valence-corrected chi connectivity index (χ0v) is 28.5. The van der Waals surface area contributed by atoms with Crippen LogP contribution in [0.15, 0.2) is 91.3 Å². The number of hydrogen-bond donors (Lipinski definition) is 4. The van der Waals surface area contributed by atoms with Crippen LogP contribution in [-0.2, 0) is 38.6 Å². The molecule has 1 aromatic heterocycles. The number of likely N-dealkylation sites (N-methyl/N-ethyl adjacent to an activating group) is 1. The second-order valence-electron chi connectivity index (χ2n) is 11.6. The van der Waals surface area contributed by atoms with Crippen LogP contribution in [0.25, 0.3) is 10.8 Å². The van der Waals surface area contributed by atoms with Gasteiger partial charge in [-0.15, -0.1) is 0 Å².